The number of hydrogen-bond acceptors (Lipinski definition) is 2. The second kappa shape index (κ2) is 5.38. The quantitative estimate of drug-likeness (QED) is 0.825. The van der Waals surface area contributed by atoms with Crippen molar-refractivity contribution < 1.29 is 0 Å². The predicted octanol–water partition coefficient (Wildman–Crippen LogP) is 2.75. The van der Waals surface area contributed by atoms with Gasteiger partial charge >= 0.3 is 0 Å². The van der Waals surface area contributed by atoms with Crippen LogP contribution in [0.4, 0.5) is 5.69 Å². The fourth-order valence-electron chi connectivity index (χ4n) is 1.96. The highest BCUT2D eigenvalue weighted by Crippen LogP contribution is 2.16. The number of anilines is 1. The summed E-state index contributed by atoms with van der Waals surface area (Å²) in [5.41, 5.74) is 1.12. The number of hydrogen-bond donors (Lipinski definition) is 2. The van der Waals surface area contributed by atoms with E-state index in [1.165, 1.54) is 19.4 Å². The molecule has 0 saturated carbocycles. The molecule has 1 saturated heterocycles. The van der Waals surface area contributed by atoms with Gasteiger partial charge in [0.25, 0.3) is 0 Å². The van der Waals surface area contributed by atoms with Crippen molar-refractivity contribution in [2.45, 2.75) is 12.8 Å². The molecule has 1 aliphatic rings. The molecular weight excluding hydrogens is 208 g/mol. The van der Waals surface area contributed by atoms with Gasteiger partial charge in [-0.3, -0.25) is 0 Å². The monoisotopic (exact) mass is 224 g/mol. The number of rotatable bonds is 3. The Morgan fingerprint density at radius 2 is 2.40 bits per heavy atom. The van der Waals surface area contributed by atoms with Crippen molar-refractivity contribution in [1.82, 2.24) is 5.32 Å². The van der Waals surface area contributed by atoms with Crippen molar-refractivity contribution in [3.05, 3.63) is 29.3 Å². The first-order chi connectivity index (χ1) is 7.34. The molecular formula is C12H17ClN2. The summed E-state index contributed by atoms with van der Waals surface area (Å²) in [4.78, 5) is 0. The molecule has 2 nitrogen and oxygen atoms in total. The zero-order chi connectivity index (χ0) is 10.5. The maximum absolute atomic E-state index is 5.91. The lowest BCUT2D eigenvalue weighted by Crippen LogP contribution is -2.33. The molecule has 0 spiro atoms. The molecule has 3 heteroatoms. The smallest absolute Gasteiger partial charge is 0.0426 e. The molecule has 0 bridgehead atoms. The molecule has 1 heterocycles. The molecule has 1 aromatic rings. The van der Waals surface area contributed by atoms with E-state index in [-0.39, 0.29) is 0 Å². The lowest BCUT2D eigenvalue weighted by molar-refractivity contribution is 0.393. The zero-order valence-corrected chi connectivity index (χ0v) is 9.56. The summed E-state index contributed by atoms with van der Waals surface area (Å²) in [5.74, 6) is 0.748. The highest BCUT2D eigenvalue weighted by atomic mass is 35.5. The molecule has 82 valence electrons. The summed E-state index contributed by atoms with van der Waals surface area (Å²) in [5, 5.41) is 7.64. The second-order valence-corrected chi connectivity index (χ2v) is 4.54. The Hall–Kier alpha value is -0.730. The maximum Gasteiger partial charge on any atom is 0.0426 e. The van der Waals surface area contributed by atoms with E-state index in [0.29, 0.717) is 0 Å². The van der Waals surface area contributed by atoms with Crippen LogP contribution in [-0.2, 0) is 0 Å². The molecule has 2 rings (SSSR count). The van der Waals surface area contributed by atoms with Crippen molar-refractivity contribution in [2.75, 3.05) is 25.0 Å². The van der Waals surface area contributed by atoms with E-state index >= 15 is 0 Å². The third-order valence-corrected chi connectivity index (χ3v) is 3.05. The highest BCUT2D eigenvalue weighted by Gasteiger charge is 2.11. The SMILES string of the molecule is Clc1cccc(NCC2CCCNC2)c1. The zero-order valence-electron chi connectivity index (χ0n) is 8.80. The van der Waals surface area contributed by atoms with Gasteiger partial charge in [0.05, 0.1) is 0 Å². The Balaban J connectivity index is 1.81. The second-order valence-electron chi connectivity index (χ2n) is 4.10. The summed E-state index contributed by atoms with van der Waals surface area (Å²) >= 11 is 5.91. The van der Waals surface area contributed by atoms with Crippen molar-refractivity contribution in [2.24, 2.45) is 5.92 Å². The minimum absolute atomic E-state index is 0.748. The van der Waals surface area contributed by atoms with Gasteiger partial charge in [-0.05, 0) is 50.0 Å². The van der Waals surface area contributed by atoms with Crippen molar-refractivity contribution in [3.63, 3.8) is 0 Å². The fourth-order valence-corrected chi connectivity index (χ4v) is 2.15. The third kappa shape index (κ3) is 3.40. The minimum Gasteiger partial charge on any atom is -0.385 e. The molecule has 1 atom stereocenters. The van der Waals surface area contributed by atoms with E-state index in [1.807, 2.05) is 18.2 Å². The van der Waals surface area contributed by atoms with Gasteiger partial charge in [0.15, 0.2) is 0 Å². The molecule has 0 amide bonds. The van der Waals surface area contributed by atoms with E-state index in [1.54, 1.807) is 0 Å². The Morgan fingerprint density at radius 1 is 1.47 bits per heavy atom. The van der Waals surface area contributed by atoms with Crippen molar-refractivity contribution in [3.8, 4) is 0 Å². The van der Waals surface area contributed by atoms with E-state index in [2.05, 4.69) is 16.7 Å². The fraction of sp³-hybridized carbons (Fsp3) is 0.500. The third-order valence-electron chi connectivity index (χ3n) is 2.82. The molecule has 1 aliphatic heterocycles. The van der Waals surface area contributed by atoms with Crippen LogP contribution in [0.1, 0.15) is 12.8 Å². The number of piperidine rings is 1. The maximum atomic E-state index is 5.91. The first kappa shape index (κ1) is 10.8. The average molecular weight is 225 g/mol. The average Bonchev–Trinajstić information content (AvgIpc) is 2.28. The largest absolute Gasteiger partial charge is 0.385 e. The van der Waals surface area contributed by atoms with Crippen molar-refractivity contribution >= 4 is 17.3 Å². The molecule has 1 fully saturated rings. The van der Waals surface area contributed by atoms with Gasteiger partial charge in [0.2, 0.25) is 0 Å². The predicted molar refractivity (Wildman–Crippen MR) is 65.5 cm³/mol. The van der Waals surface area contributed by atoms with Crippen LogP contribution < -0.4 is 10.6 Å². The molecule has 0 radical (unpaired) electrons. The van der Waals surface area contributed by atoms with Crippen LogP contribution >= 0.6 is 11.6 Å². The van der Waals surface area contributed by atoms with Gasteiger partial charge in [0, 0.05) is 17.3 Å². The van der Waals surface area contributed by atoms with Gasteiger partial charge in [0.1, 0.15) is 0 Å². The Kier molecular flexibility index (Phi) is 3.87. The summed E-state index contributed by atoms with van der Waals surface area (Å²) in [7, 11) is 0. The number of benzene rings is 1. The van der Waals surface area contributed by atoms with E-state index in [4.69, 9.17) is 11.6 Å². The minimum atomic E-state index is 0.748. The van der Waals surface area contributed by atoms with E-state index < -0.39 is 0 Å². The topological polar surface area (TPSA) is 24.1 Å². The molecule has 15 heavy (non-hydrogen) atoms. The Bertz CT molecular complexity index is 308. The number of halogens is 1. The van der Waals surface area contributed by atoms with Gasteiger partial charge in [-0.25, -0.2) is 0 Å². The van der Waals surface area contributed by atoms with Gasteiger partial charge in [-0.15, -0.1) is 0 Å². The summed E-state index contributed by atoms with van der Waals surface area (Å²) in [6.45, 7) is 3.34. The summed E-state index contributed by atoms with van der Waals surface area (Å²) in [6, 6.07) is 7.90. The lowest BCUT2D eigenvalue weighted by atomic mass is 10.00. The summed E-state index contributed by atoms with van der Waals surface area (Å²) < 4.78 is 0. The van der Waals surface area contributed by atoms with Crippen molar-refractivity contribution in [1.29, 1.82) is 0 Å². The Labute approximate surface area is 96.0 Å². The van der Waals surface area contributed by atoms with Crippen LogP contribution in [0.2, 0.25) is 5.02 Å². The van der Waals surface area contributed by atoms with Crippen LogP contribution in [0.5, 0.6) is 0 Å². The summed E-state index contributed by atoms with van der Waals surface area (Å²) in [6.07, 6.45) is 2.61. The van der Waals surface area contributed by atoms with Crippen LogP contribution in [0.15, 0.2) is 24.3 Å². The van der Waals surface area contributed by atoms with Gasteiger partial charge in [-0.2, -0.15) is 0 Å². The van der Waals surface area contributed by atoms with Gasteiger partial charge < -0.3 is 10.6 Å². The molecule has 1 unspecified atom stereocenters. The van der Waals surface area contributed by atoms with Gasteiger partial charge in [-0.1, -0.05) is 17.7 Å². The first-order valence-electron chi connectivity index (χ1n) is 5.55. The Morgan fingerprint density at radius 3 is 3.13 bits per heavy atom. The molecule has 0 aliphatic carbocycles. The lowest BCUT2D eigenvalue weighted by Gasteiger charge is -2.23. The molecule has 1 aromatic carbocycles. The van der Waals surface area contributed by atoms with Crippen LogP contribution in [0.25, 0.3) is 0 Å². The highest BCUT2D eigenvalue weighted by molar-refractivity contribution is 6.30. The van der Waals surface area contributed by atoms with Crippen LogP contribution in [0.3, 0.4) is 0 Å². The van der Waals surface area contributed by atoms with E-state index in [9.17, 15) is 0 Å². The standard InChI is InChI=1S/C12H17ClN2/c13-11-4-1-5-12(7-11)15-9-10-3-2-6-14-8-10/h1,4-5,7,10,14-15H,2-3,6,8-9H2. The number of nitrogens with one attached hydrogen (secondary N) is 2. The normalized spacial score (nSPS) is 21.3. The van der Waals surface area contributed by atoms with Crippen LogP contribution in [-0.4, -0.2) is 19.6 Å². The van der Waals surface area contributed by atoms with Crippen LogP contribution in [0, 0.1) is 5.92 Å². The molecule has 0 aromatic heterocycles. The van der Waals surface area contributed by atoms with E-state index in [0.717, 1.165) is 29.7 Å². The molecule has 2 N–H and O–H groups in total. The first-order valence-corrected chi connectivity index (χ1v) is 5.92.